The summed E-state index contributed by atoms with van der Waals surface area (Å²) in [6.07, 6.45) is 0. The lowest BCUT2D eigenvalue weighted by Gasteiger charge is -2.28. The van der Waals surface area contributed by atoms with Crippen molar-refractivity contribution in [2.45, 2.75) is 0 Å². The number of nitrogens with zero attached hydrogens (tertiary/aromatic N) is 1. The molecule has 0 spiro atoms. The molecule has 0 saturated heterocycles. The minimum atomic E-state index is 1.10. The van der Waals surface area contributed by atoms with Gasteiger partial charge < -0.3 is 4.90 Å². The quantitative estimate of drug-likeness (QED) is 0.152. The first kappa shape index (κ1) is 34.5. The fraction of sp³-hybridized carbons (Fsp3) is 0. The van der Waals surface area contributed by atoms with E-state index in [2.05, 4.69) is 229 Å². The summed E-state index contributed by atoms with van der Waals surface area (Å²) in [5, 5.41) is 12.8. The summed E-state index contributed by atoms with van der Waals surface area (Å²) in [6, 6.07) is 82.5. The predicted octanol–water partition coefficient (Wildman–Crippen LogP) is 17.1. The summed E-state index contributed by atoms with van der Waals surface area (Å²) < 4.78 is 2.65. The second kappa shape index (κ2) is 14.1. The van der Waals surface area contributed by atoms with E-state index in [4.69, 9.17) is 0 Å². The first-order valence-corrected chi connectivity index (χ1v) is 21.4. The molecule has 0 unspecified atom stereocenters. The van der Waals surface area contributed by atoms with Crippen molar-refractivity contribution in [1.82, 2.24) is 0 Å². The lowest BCUT2D eigenvalue weighted by molar-refractivity contribution is 1.28. The van der Waals surface area contributed by atoms with Crippen molar-refractivity contribution in [3.05, 3.63) is 224 Å². The molecule has 1 heterocycles. The number of hydrogen-bond acceptors (Lipinski definition) is 2. The third kappa shape index (κ3) is 5.61. The van der Waals surface area contributed by atoms with Gasteiger partial charge in [-0.1, -0.05) is 182 Å². The van der Waals surface area contributed by atoms with E-state index >= 15 is 0 Å². The van der Waals surface area contributed by atoms with Crippen LogP contribution in [0.5, 0.6) is 0 Å². The Balaban J connectivity index is 1.06. The molecule has 60 heavy (non-hydrogen) atoms. The van der Waals surface area contributed by atoms with Crippen molar-refractivity contribution in [3.63, 3.8) is 0 Å². The molecule has 11 aromatic carbocycles. The number of hydrogen-bond donors (Lipinski definition) is 0. The molecule has 1 aromatic heterocycles. The van der Waals surface area contributed by atoms with Crippen LogP contribution < -0.4 is 4.90 Å². The molecule has 0 fully saturated rings. The zero-order valence-electron chi connectivity index (χ0n) is 32.7. The molecule has 12 rings (SSSR count). The Hall–Kier alpha value is -7.52. The van der Waals surface area contributed by atoms with Crippen molar-refractivity contribution in [3.8, 4) is 33.4 Å². The highest BCUT2D eigenvalue weighted by Crippen LogP contribution is 2.46. The van der Waals surface area contributed by atoms with Crippen molar-refractivity contribution in [2.75, 3.05) is 4.90 Å². The number of benzene rings is 11. The van der Waals surface area contributed by atoms with Gasteiger partial charge in [-0.05, 0) is 113 Å². The molecule has 0 N–H and O–H groups in total. The Labute approximate surface area is 352 Å². The van der Waals surface area contributed by atoms with Gasteiger partial charge in [-0.15, -0.1) is 11.3 Å². The summed E-state index contributed by atoms with van der Waals surface area (Å²) in [5.74, 6) is 0. The van der Waals surface area contributed by atoms with Gasteiger partial charge in [0.15, 0.2) is 0 Å². The van der Waals surface area contributed by atoms with Gasteiger partial charge in [-0.3, -0.25) is 0 Å². The first-order chi connectivity index (χ1) is 29.8. The standard InChI is InChI=1S/C58H37NS/c1-2-14-38(15-3-1)46-20-8-10-26-54(46)59(44-33-30-41(31-34-44)49-24-13-25-52-50-23-9-11-27-55(50)60-58(49)52)45-19-12-18-42(36-45)53-37-43-29-28-39-16-4-6-21-47(39)56(43)57-48-22-7-5-17-40(48)32-35-51(53)57/h1-37H. The van der Waals surface area contributed by atoms with Gasteiger partial charge in [0.05, 0.1) is 5.69 Å². The summed E-state index contributed by atoms with van der Waals surface area (Å²) in [7, 11) is 0. The summed E-state index contributed by atoms with van der Waals surface area (Å²) in [6.45, 7) is 0. The lowest BCUT2D eigenvalue weighted by atomic mass is 9.88. The molecule has 280 valence electrons. The Bertz CT molecular complexity index is 3600. The van der Waals surface area contributed by atoms with Crippen LogP contribution in [0.15, 0.2) is 224 Å². The molecule has 2 heteroatoms. The van der Waals surface area contributed by atoms with E-state index in [1.165, 1.54) is 96.6 Å². The van der Waals surface area contributed by atoms with E-state index in [0.717, 1.165) is 17.1 Å². The van der Waals surface area contributed by atoms with Crippen molar-refractivity contribution >= 4 is 91.7 Å². The minimum absolute atomic E-state index is 1.10. The molecule has 0 amide bonds. The molecule has 0 aliphatic rings. The average molecular weight is 780 g/mol. The fourth-order valence-corrected chi connectivity index (χ4v) is 10.7. The van der Waals surface area contributed by atoms with E-state index in [-0.39, 0.29) is 0 Å². The maximum atomic E-state index is 2.43. The SMILES string of the molecule is c1ccc(-c2ccccc2N(c2ccc(-c3cccc4c3sc3ccccc34)cc2)c2cccc(-c3cc4ccc5ccccc5c4c4c3ccc3ccccc34)c2)cc1. The first-order valence-electron chi connectivity index (χ1n) is 20.6. The third-order valence-electron chi connectivity index (χ3n) is 12.2. The van der Waals surface area contributed by atoms with E-state index in [1.807, 2.05) is 11.3 Å². The monoisotopic (exact) mass is 779 g/mol. The van der Waals surface area contributed by atoms with Crippen LogP contribution in [0.2, 0.25) is 0 Å². The molecule has 1 nitrogen and oxygen atoms in total. The average Bonchev–Trinajstić information content (AvgIpc) is 3.71. The van der Waals surface area contributed by atoms with Crippen LogP contribution in [0, 0.1) is 0 Å². The van der Waals surface area contributed by atoms with Crippen LogP contribution in [0.1, 0.15) is 0 Å². The van der Waals surface area contributed by atoms with Gasteiger partial charge in [0, 0.05) is 37.1 Å². The topological polar surface area (TPSA) is 3.24 Å². The zero-order valence-corrected chi connectivity index (χ0v) is 33.5. The number of anilines is 3. The van der Waals surface area contributed by atoms with E-state index in [0.29, 0.717) is 0 Å². The number of para-hydroxylation sites is 1. The molecular formula is C58H37NS. The molecule has 0 atom stereocenters. The van der Waals surface area contributed by atoms with Crippen LogP contribution in [0.4, 0.5) is 17.1 Å². The van der Waals surface area contributed by atoms with E-state index in [9.17, 15) is 0 Å². The van der Waals surface area contributed by atoms with Gasteiger partial charge >= 0.3 is 0 Å². The van der Waals surface area contributed by atoms with E-state index in [1.54, 1.807) is 0 Å². The molecule has 12 aromatic rings. The van der Waals surface area contributed by atoms with Crippen LogP contribution >= 0.6 is 11.3 Å². The molecule has 0 radical (unpaired) electrons. The van der Waals surface area contributed by atoms with Crippen molar-refractivity contribution < 1.29 is 0 Å². The van der Waals surface area contributed by atoms with Gasteiger partial charge in [0.25, 0.3) is 0 Å². The van der Waals surface area contributed by atoms with Crippen LogP contribution in [-0.4, -0.2) is 0 Å². The second-order valence-electron chi connectivity index (χ2n) is 15.6. The van der Waals surface area contributed by atoms with Gasteiger partial charge in [0.2, 0.25) is 0 Å². The Morgan fingerprint density at radius 3 is 1.73 bits per heavy atom. The normalized spacial score (nSPS) is 11.7. The number of rotatable bonds is 6. The second-order valence-corrected chi connectivity index (χ2v) is 16.7. The zero-order chi connectivity index (χ0) is 39.6. The van der Waals surface area contributed by atoms with E-state index < -0.39 is 0 Å². The van der Waals surface area contributed by atoms with Gasteiger partial charge in [-0.25, -0.2) is 0 Å². The summed E-state index contributed by atoms with van der Waals surface area (Å²) in [5.41, 5.74) is 10.6. The van der Waals surface area contributed by atoms with Crippen LogP contribution in [-0.2, 0) is 0 Å². The highest BCUT2D eigenvalue weighted by atomic mass is 32.1. The van der Waals surface area contributed by atoms with Crippen LogP contribution in [0.3, 0.4) is 0 Å². The Morgan fingerprint density at radius 1 is 0.300 bits per heavy atom. The molecule has 0 saturated carbocycles. The molecule has 0 bridgehead atoms. The van der Waals surface area contributed by atoms with Gasteiger partial charge in [-0.2, -0.15) is 0 Å². The fourth-order valence-electron chi connectivity index (χ4n) is 9.46. The molecular weight excluding hydrogens is 743 g/mol. The third-order valence-corrected chi connectivity index (χ3v) is 13.4. The Morgan fingerprint density at radius 2 is 0.900 bits per heavy atom. The summed E-state index contributed by atoms with van der Waals surface area (Å²) >= 11 is 1.88. The molecule has 0 aliphatic carbocycles. The molecule has 0 aliphatic heterocycles. The highest BCUT2D eigenvalue weighted by Gasteiger charge is 2.20. The number of fused-ring (bicyclic) bond motifs is 10. The lowest BCUT2D eigenvalue weighted by Crippen LogP contribution is -2.11. The minimum Gasteiger partial charge on any atom is -0.310 e. The maximum absolute atomic E-state index is 2.43. The van der Waals surface area contributed by atoms with Crippen molar-refractivity contribution in [1.29, 1.82) is 0 Å². The van der Waals surface area contributed by atoms with Crippen LogP contribution in [0.25, 0.3) is 96.6 Å². The largest absolute Gasteiger partial charge is 0.310 e. The number of thiophene rings is 1. The smallest absolute Gasteiger partial charge is 0.0540 e. The Kier molecular flexibility index (Phi) is 8.11. The van der Waals surface area contributed by atoms with Gasteiger partial charge in [0.1, 0.15) is 0 Å². The summed E-state index contributed by atoms with van der Waals surface area (Å²) in [4.78, 5) is 2.43. The maximum Gasteiger partial charge on any atom is 0.0540 e. The highest BCUT2D eigenvalue weighted by molar-refractivity contribution is 7.26. The predicted molar refractivity (Wildman–Crippen MR) is 260 cm³/mol. The van der Waals surface area contributed by atoms with Crippen molar-refractivity contribution in [2.24, 2.45) is 0 Å².